The quantitative estimate of drug-likeness (QED) is 0.830. The van der Waals surface area contributed by atoms with E-state index >= 15 is 0 Å². The summed E-state index contributed by atoms with van der Waals surface area (Å²) in [5.74, 6) is 0.0472. The average molecular weight is 266 g/mol. The minimum Gasteiger partial charge on any atom is -0.508 e. The zero-order valence-electron chi connectivity index (χ0n) is 10.7. The first-order valence-electron chi connectivity index (χ1n) is 6.40. The number of phenols is 1. The van der Waals surface area contributed by atoms with Gasteiger partial charge in [-0.1, -0.05) is 36.4 Å². The Balaban J connectivity index is 2.17. The summed E-state index contributed by atoms with van der Waals surface area (Å²) >= 11 is 0. The predicted octanol–water partition coefficient (Wildman–Crippen LogP) is 2.34. The second-order valence-electron chi connectivity index (χ2n) is 4.85. The van der Waals surface area contributed by atoms with Crippen molar-refractivity contribution >= 4 is 0 Å². The van der Waals surface area contributed by atoms with Gasteiger partial charge < -0.3 is 9.84 Å². The van der Waals surface area contributed by atoms with Crippen molar-refractivity contribution in [1.29, 1.82) is 5.26 Å². The fraction of sp³-hybridized carbons (Fsp3) is 0.188. The molecule has 0 aliphatic carbocycles. The molecule has 20 heavy (non-hydrogen) atoms. The van der Waals surface area contributed by atoms with E-state index in [-0.39, 0.29) is 11.7 Å². The molecule has 3 rings (SSSR count). The number of hydrogen-bond acceptors (Lipinski definition) is 4. The maximum absolute atomic E-state index is 9.57. The molecule has 100 valence electrons. The molecule has 3 unspecified atom stereocenters. The molecule has 1 aliphatic rings. The number of hydrogen-bond donors (Lipinski definition) is 2. The summed E-state index contributed by atoms with van der Waals surface area (Å²) < 4.78 is 5.56. The van der Waals surface area contributed by atoms with Crippen LogP contribution >= 0.6 is 0 Å². The van der Waals surface area contributed by atoms with Gasteiger partial charge in [-0.25, -0.2) is 0 Å². The molecule has 4 nitrogen and oxygen atoms in total. The number of fused-ring (bicyclic) bond motifs is 1. The van der Waals surface area contributed by atoms with Gasteiger partial charge in [-0.15, -0.1) is 0 Å². The van der Waals surface area contributed by atoms with Gasteiger partial charge in [-0.2, -0.15) is 5.26 Å². The lowest BCUT2D eigenvalue weighted by Crippen LogP contribution is -2.42. The maximum Gasteiger partial charge on any atom is 0.164 e. The summed E-state index contributed by atoms with van der Waals surface area (Å²) in [4.78, 5) is 0. The van der Waals surface area contributed by atoms with Gasteiger partial charge in [0.2, 0.25) is 0 Å². The summed E-state index contributed by atoms with van der Waals surface area (Å²) in [6, 6.07) is 16.9. The number of benzene rings is 2. The summed E-state index contributed by atoms with van der Waals surface area (Å²) in [6.07, 6.45) is -0.709. The molecule has 1 heterocycles. The highest BCUT2D eigenvalue weighted by molar-refractivity contribution is 5.49. The average Bonchev–Trinajstić information content (AvgIpc) is 2.46. The molecule has 3 atom stereocenters. The van der Waals surface area contributed by atoms with Gasteiger partial charge in [0.1, 0.15) is 17.4 Å². The number of rotatable bonds is 1. The van der Waals surface area contributed by atoms with E-state index in [0.717, 1.165) is 11.1 Å². The Morgan fingerprint density at radius 3 is 2.60 bits per heavy atom. The van der Waals surface area contributed by atoms with Crippen LogP contribution in [-0.4, -0.2) is 11.3 Å². The van der Waals surface area contributed by atoms with E-state index in [2.05, 4.69) is 6.07 Å². The van der Waals surface area contributed by atoms with Gasteiger partial charge in [-0.3, -0.25) is 5.73 Å². The lowest BCUT2D eigenvalue weighted by molar-refractivity contribution is 0.134. The Labute approximate surface area is 117 Å². The largest absolute Gasteiger partial charge is 0.508 e. The molecule has 0 radical (unpaired) electrons. The Morgan fingerprint density at radius 2 is 1.90 bits per heavy atom. The van der Waals surface area contributed by atoms with E-state index in [9.17, 15) is 10.4 Å². The highest BCUT2D eigenvalue weighted by Gasteiger charge is 2.37. The normalized spacial score (nSPS) is 24.3. The third-order valence-corrected chi connectivity index (χ3v) is 3.62. The second kappa shape index (κ2) is 4.87. The molecular formula is C16H14N2O2. The van der Waals surface area contributed by atoms with E-state index in [0.29, 0.717) is 5.75 Å². The van der Waals surface area contributed by atoms with Crippen LogP contribution in [0, 0.1) is 17.2 Å². The van der Waals surface area contributed by atoms with Crippen LogP contribution in [0.1, 0.15) is 17.0 Å². The van der Waals surface area contributed by atoms with Crippen molar-refractivity contribution in [2.45, 2.75) is 12.1 Å². The van der Waals surface area contributed by atoms with Gasteiger partial charge in [0.25, 0.3) is 0 Å². The van der Waals surface area contributed by atoms with E-state index < -0.39 is 12.1 Å². The second-order valence-corrected chi connectivity index (χ2v) is 4.85. The first-order chi connectivity index (χ1) is 9.70. The SMILES string of the molecule is N#CC1C(N)Oc2cc(O)ccc2C1c1ccccc1. The number of ether oxygens (including phenoxy) is 1. The number of aromatic hydroxyl groups is 1. The highest BCUT2D eigenvalue weighted by atomic mass is 16.5. The van der Waals surface area contributed by atoms with E-state index in [1.54, 1.807) is 18.2 Å². The molecule has 2 aromatic rings. The Bertz CT molecular complexity index is 664. The third-order valence-electron chi connectivity index (χ3n) is 3.62. The van der Waals surface area contributed by atoms with Gasteiger partial charge >= 0.3 is 0 Å². The molecule has 3 N–H and O–H groups in total. The van der Waals surface area contributed by atoms with Crippen LogP contribution in [0.25, 0.3) is 0 Å². The third kappa shape index (κ3) is 1.98. The van der Waals surface area contributed by atoms with Crippen LogP contribution in [-0.2, 0) is 0 Å². The molecule has 4 heteroatoms. The molecule has 0 fully saturated rings. The molecule has 1 aliphatic heterocycles. The van der Waals surface area contributed by atoms with Crippen molar-refractivity contribution in [1.82, 2.24) is 0 Å². The van der Waals surface area contributed by atoms with Crippen molar-refractivity contribution in [3.8, 4) is 17.6 Å². The summed E-state index contributed by atoms with van der Waals surface area (Å²) in [5.41, 5.74) is 7.85. The number of phenolic OH excluding ortho intramolecular Hbond substituents is 1. The van der Waals surface area contributed by atoms with Gasteiger partial charge in [0.05, 0.1) is 6.07 Å². The van der Waals surface area contributed by atoms with Crippen molar-refractivity contribution < 1.29 is 9.84 Å². The van der Waals surface area contributed by atoms with Crippen molar-refractivity contribution in [3.05, 3.63) is 59.7 Å². The van der Waals surface area contributed by atoms with Crippen LogP contribution in [0.5, 0.6) is 11.5 Å². The molecule has 0 spiro atoms. The van der Waals surface area contributed by atoms with E-state index in [1.165, 1.54) is 0 Å². The smallest absolute Gasteiger partial charge is 0.164 e. The molecule has 0 amide bonds. The standard InChI is InChI=1S/C16H14N2O2/c17-9-13-15(10-4-2-1-3-5-10)12-7-6-11(19)8-14(12)20-16(13)18/h1-8,13,15-16,19H,18H2. The van der Waals surface area contributed by atoms with Crippen LogP contribution < -0.4 is 10.5 Å². The minimum atomic E-state index is -0.709. The predicted molar refractivity (Wildman–Crippen MR) is 74.1 cm³/mol. The number of nitrogens with two attached hydrogens (primary N) is 1. The zero-order valence-corrected chi connectivity index (χ0v) is 10.7. The zero-order chi connectivity index (χ0) is 14.1. The Morgan fingerprint density at radius 1 is 1.15 bits per heavy atom. The van der Waals surface area contributed by atoms with Crippen molar-refractivity contribution in [2.24, 2.45) is 11.7 Å². The van der Waals surface area contributed by atoms with E-state index in [1.807, 2.05) is 30.3 Å². The van der Waals surface area contributed by atoms with Gasteiger partial charge in [0.15, 0.2) is 6.23 Å². The molecule has 0 aromatic heterocycles. The van der Waals surface area contributed by atoms with Gasteiger partial charge in [-0.05, 0) is 11.6 Å². The van der Waals surface area contributed by atoms with Crippen LogP contribution in [0.15, 0.2) is 48.5 Å². The Hall–Kier alpha value is -2.51. The maximum atomic E-state index is 9.57. The summed E-state index contributed by atoms with van der Waals surface area (Å²) in [6.45, 7) is 0. The molecule has 0 saturated heterocycles. The molecule has 0 saturated carbocycles. The number of nitriles is 1. The van der Waals surface area contributed by atoms with Crippen LogP contribution in [0.2, 0.25) is 0 Å². The van der Waals surface area contributed by atoms with Gasteiger partial charge in [0, 0.05) is 17.5 Å². The van der Waals surface area contributed by atoms with Crippen LogP contribution in [0.4, 0.5) is 0 Å². The Kier molecular flexibility index (Phi) is 3.05. The summed E-state index contributed by atoms with van der Waals surface area (Å²) in [7, 11) is 0. The lowest BCUT2D eigenvalue weighted by Gasteiger charge is -2.34. The van der Waals surface area contributed by atoms with Crippen molar-refractivity contribution in [2.75, 3.05) is 0 Å². The molecule has 2 aromatic carbocycles. The first kappa shape index (κ1) is 12.5. The fourth-order valence-corrected chi connectivity index (χ4v) is 2.68. The fourth-order valence-electron chi connectivity index (χ4n) is 2.68. The first-order valence-corrected chi connectivity index (χ1v) is 6.40. The molecular weight excluding hydrogens is 252 g/mol. The van der Waals surface area contributed by atoms with Crippen LogP contribution in [0.3, 0.4) is 0 Å². The lowest BCUT2D eigenvalue weighted by atomic mass is 9.78. The number of nitrogens with zero attached hydrogens (tertiary/aromatic N) is 1. The monoisotopic (exact) mass is 266 g/mol. The topological polar surface area (TPSA) is 79.3 Å². The highest BCUT2D eigenvalue weighted by Crippen LogP contribution is 2.43. The molecule has 0 bridgehead atoms. The van der Waals surface area contributed by atoms with Crippen molar-refractivity contribution in [3.63, 3.8) is 0 Å². The minimum absolute atomic E-state index is 0.123. The summed E-state index contributed by atoms with van der Waals surface area (Å²) in [5, 5.41) is 19.0. The van der Waals surface area contributed by atoms with E-state index in [4.69, 9.17) is 10.5 Å².